The zero-order valence-corrected chi connectivity index (χ0v) is 22.3. The summed E-state index contributed by atoms with van der Waals surface area (Å²) in [6, 6.07) is 9.13. The van der Waals surface area contributed by atoms with Crippen molar-refractivity contribution >= 4 is 34.5 Å². The minimum atomic E-state index is -0.197. The van der Waals surface area contributed by atoms with Crippen LogP contribution in [0, 0.1) is 0 Å². The van der Waals surface area contributed by atoms with Crippen molar-refractivity contribution < 1.29 is 19.1 Å². The molecule has 9 nitrogen and oxygen atoms in total. The third-order valence-corrected chi connectivity index (χ3v) is 7.84. The second-order valence-electron chi connectivity index (χ2n) is 9.60. The Labute approximate surface area is 226 Å². The predicted octanol–water partition coefficient (Wildman–Crippen LogP) is 4.44. The fourth-order valence-electron chi connectivity index (χ4n) is 4.96. The molecule has 3 N–H and O–H groups in total. The Balaban J connectivity index is 1.29. The highest BCUT2D eigenvalue weighted by atomic mass is 32.1. The minimum absolute atomic E-state index is 0.0839. The first-order valence-electron chi connectivity index (χ1n) is 13.0. The van der Waals surface area contributed by atoms with Gasteiger partial charge in [0.25, 0.3) is 0 Å². The van der Waals surface area contributed by atoms with E-state index in [-0.39, 0.29) is 18.2 Å². The van der Waals surface area contributed by atoms with Crippen LogP contribution in [0.5, 0.6) is 11.5 Å². The maximum atomic E-state index is 13.5. The number of hydrogen-bond donors (Lipinski definition) is 2. The third kappa shape index (κ3) is 6.08. The molecule has 2 amide bonds. The zero-order valence-electron chi connectivity index (χ0n) is 21.5. The number of ketones is 1. The number of aromatic nitrogens is 1. The van der Waals surface area contributed by atoms with E-state index in [0.29, 0.717) is 60.9 Å². The second kappa shape index (κ2) is 11.8. The van der Waals surface area contributed by atoms with E-state index in [1.165, 1.54) is 11.3 Å². The van der Waals surface area contributed by atoms with Crippen LogP contribution >= 0.6 is 11.3 Å². The highest BCUT2D eigenvalue weighted by molar-refractivity contribution is 7.08. The Bertz CT molecular complexity index is 1280. The summed E-state index contributed by atoms with van der Waals surface area (Å²) in [7, 11) is 0. The van der Waals surface area contributed by atoms with Crippen molar-refractivity contribution in [3.63, 3.8) is 0 Å². The minimum Gasteiger partial charge on any atom is -0.486 e. The van der Waals surface area contributed by atoms with Crippen LogP contribution in [0.4, 0.5) is 16.2 Å². The van der Waals surface area contributed by atoms with Crippen LogP contribution in [0.1, 0.15) is 41.4 Å². The summed E-state index contributed by atoms with van der Waals surface area (Å²) < 4.78 is 11.3. The highest BCUT2D eigenvalue weighted by Crippen LogP contribution is 2.33. The van der Waals surface area contributed by atoms with Crippen LogP contribution in [-0.4, -0.2) is 65.5 Å². The van der Waals surface area contributed by atoms with E-state index < -0.39 is 0 Å². The van der Waals surface area contributed by atoms with E-state index in [2.05, 4.69) is 22.1 Å². The molecule has 38 heavy (non-hydrogen) atoms. The molecule has 0 bridgehead atoms. The van der Waals surface area contributed by atoms with Gasteiger partial charge in [-0.25, -0.2) is 4.79 Å². The molecule has 1 unspecified atom stereocenters. The number of benzene rings is 1. The molecule has 1 fully saturated rings. The van der Waals surface area contributed by atoms with Crippen LogP contribution in [-0.2, 0) is 13.0 Å². The number of likely N-dealkylation sites (N-methyl/N-ethyl adjacent to an activating group) is 1. The quantitative estimate of drug-likeness (QED) is 0.390. The van der Waals surface area contributed by atoms with Gasteiger partial charge in [0.15, 0.2) is 17.3 Å². The molecule has 10 heteroatoms. The summed E-state index contributed by atoms with van der Waals surface area (Å²) in [5.41, 5.74) is 9.28. The van der Waals surface area contributed by atoms with E-state index in [9.17, 15) is 9.59 Å². The molecule has 0 spiro atoms. The normalized spacial score (nSPS) is 16.8. The number of likely N-dealkylation sites (tertiary alicyclic amines) is 1. The van der Waals surface area contributed by atoms with Crippen molar-refractivity contribution in [2.45, 2.75) is 38.8 Å². The summed E-state index contributed by atoms with van der Waals surface area (Å²) >= 11 is 1.48. The van der Waals surface area contributed by atoms with Crippen molar-refractivity contribution in [1.82, 2.24) is 14.8 Å². The van der Waals surface area contributed by atoms with Crippen molar-refractivity contribution in [3.05, 3.63) is 64.1 Å². The number of Topliss-reactive ketones (excluding diaryl/α,β-unsaturated/α-hetero) is 1. The number of nitrogens with zero attached hydrogens (tertiary/aromatic N) is 3. The summed E-state index contributed by atoms with van der Waals surface area (Å²) in [4.78, 5) is 34.8. The monoisotopic (exact) mass is 535 g/mol. The van der Waals surface area contributed by atoms with Crippen LogP contribution in [0.3, 0.4) is 0 Å². The van der Waals surface area contributed by atoms with Gasteiger partial charge in [0.2, 0.25) is 0 Å². The first-order valence-corrected chi connectivity index (χ1v) is 13.9. The number of nitrogens with two attached hydrogens (primary N) is 1. The highest BCUT2D eigenvalue weighted by Gasteiger charge is 2.28. The maximum Gasteiger partial charge on any atom is 0.322 e. The lowest BCUT2D eigenvalue weighted by molar-refractivity contribution is 0.0988. The van der Waals surface area contributed by atoms with E-state index >= 15 is 0 Å². The van der Waals surface area contributed by atoms with Gasteiger partial charge in [0.1, 0.15) is 18.9 Å². The van der Waals surface area contributed by atoms with Gasteiger partial charge in [-0.3, -0.25) is 14.7 Å². The van der Waals surface area contributed by atoms with Crippen LogP contribution in [0.2, 0.25) is 0 Å². The molecule has 0 radical (unpaired) electrons. The number of nitrogen functional groups attached to an aromatic ring is 1. The lowest BCUT2D eigenvalue weighted by atomic mass is 10.1. The molecule has 200 valence electrons. The number of hydrogen-bond acceptors (Lipinski definition) is 8. The Morgan fingerprint density at radius 2 is 2.03 bits per heavy atom. The van der Waals surface area contributed by atoms with Crippen molar-refractivity contribution in [3.8, 4) is 11.5 Å². The average Bonchev–Trinajstić information content (AvgIpc) is 3.56. The molecule has 2 aromatic heterocycles. The molecule has 3 aromatic rings. The number of nitrogens with one attached hydrogen (secondary N) is 1. The first kappa shape index (κ1) is 26.0. The molecule has 0 aliphatic carbocycles. The van der Waals surface area contributed by atoms with Gasteiger partial charge in [-0.05, 0) is 60.6 Å². The number of thiophene rings is 1. The van der Waals surface area contributed by atoms with Crippen molar-refractivity contribution in [2.75, 3.05) is 43.9 Å². The fourth-order valence-corrected chi connectivity index (χ4v) is 5.71. The molecule has 1 atom stereocenters. The fraction of sp³-hybridized carbons (Fsp3) is 0.393. The van der Waals surface area contributed by atoms with Gasteiger partial charge in [0, 0.05) is 54.6 Å². The van der Waals surface area contributed by atoms with Crippen LogP contribution in [0.25, 0.3) is 0 Å². The Morgan fingerprint density at radius 3 is 2.76 bits per heavy atom. The Hall–Kier alpha value is -3.63. The van der Waals surface area contributed by atoms with Crippen molar-refractivity contribution in [1.29, 1.82) is 0 Å². The first-order chi connectivity index (χ1) is 18.5. The van der Waals surface area contributed by atoms with Gasteiger partial charge in [-0.15, -0.1) is 11.3 Å². The van der Waals surface area contributed by atoms with Crippen molar-refractivity contribution in [2.24, 2.45) is 0 Å². The average molecular weight is 536 g/mol. The van der Waals surface area contributed by atoms with Gasteiger partial charge < -0.3 is 25.4 Å². The van der Waals surface area contributed by atoms with Crippen LogP contribution in [0.15, 0.2) is 47.3 Å². The topological polar surface area (TPSA) is 110 Å². The Kier molecular flexibility index (Phi) is 8.09. The molecule has 0 saturated carbocycles. The number of ether oxygens (including phenoxy) is 2. The third-order valence-electron chi connectivity index (χ3n) is 7.03. The summed E-state index contributed by atoms with van der Waals surface area (Å²) in [6.07, 6.45) is 4.09. The lowest BCUT2D eigenvalue weighted by Crippen LogP contribution is -2.44. The SMILES string of the molecule is CCN1CCCC1CN(Cc1ccc(C(=O)Cc2cscc2N)nc1)C(=O)Nc1ccc2c(c1)OCCO2. The summed E-state index contributed by atoms with van der Waals surface area (Å²) in [5.74, 6) is 1.22. The standard InChI is InChI=1S/C28H33N5O4S/c1-2-32-9-3-4-22(32)16-33(28(35)31-21-6-8-26-27(13-21)37-11-10-36-26)15-19-5-7-24(30-14-19)25(34)12-20-17-38-18-23(20)29/h5-8,13-14,17-18,22H,2-4,9-12,15-16,29H2,1H3,(H,31,35). The Morgan fingerprint density at radius 1 is 1.18 bits per heavy atom. The van der Waals surface area contributed by atoms with Gasteiger partial charge in [-0.2, -0.15) is 0 Å². The molecular weight excluding hydrogens is 502 g/mol. The number of rotatable bonds is 9. The maximum absolute atomic E-state index is 13.5. The molecule has 2 aliphatic rings. The predicted molar refractivity (Wildman–Crippen MR) is 148 cm³/mol. The number of amides is 2. The van der Waals surface area contributed by atoms with Gasteiger partial charge in [0.05, 0.1) is 0 Å². The van der Waals surface area contributed by atoms with E-state index in [4.69, 9.17) is 15.2 Å². The molecule has 1 aromatic carbocycles. The molecule has 2 aliphatic heterocycles. The van der Waals surface area contributed by atoms with Crippen LogP contribution < -0.4 is 20.5 Å². The number of urea groups is 1. The lowest BCUT2D eigenvalue weighted by Gasteiger charge is -2.30. The van der Waals surface area contributed by atoms with E-state index in [0.717, 1.165) is 37.1 Å². The van der Waals surface area contributed by atoms with Gasteiger partial charge >= 0.3 is 6.03 Å². The number of carbonyl (C=O) groups excluding carboxylic acids is 2. The molecule has 5 rings (SSSR count). The summed E-state index contributed by atoms with van der Waals surface area (Å²) in [6.45, 7) is 6.13. The largest absolute Gasteiger partial charge is 0.486 e. The number of carbonyl (C=O) groups is 2. The molecule has 4 heterocycles. The molecular formula is C28H33N5O4S. The molecule has 1 saturated heterocycles. The van der Waals surface area contributed by atoms with Gasteiger partial charge in [-0.1, -0.05) is 13.0 Å². The van der Waals surface area contributed by atoms with E-state index in [1.54, 1.807) is 18.3 Å². The smallest absolute Gasteiger partial charge is 0.322 e. The van der Waals surface area contributed by atoms with E-state index in [1.807, 2.05) is 33.9 Å². The number of pyridine rings is 1. The second-order valence-corrected chi connectivity index (χ2v) is 10.3. The zero-order chi connectivity index (χ0) is 26.5. The summed E-state index contributed by atoms with van der Waals surface area (Å²) in [5, 5.41) is 6.74. The number of fused-ring (bicyclic) bond motifs is 1. The number of anilines is 2.